The molecule has 2 rings (SSSR count). The van der Waals surface area contributed by atoms with E-state index in [1.807, 2.05) is 31.2 Å². The van der Waals surface area contributed by atoms with Crippen molar-refractivity contribution >= 4 is 47.5 Å². The second-order valence-electron chi connectivity index (χ2n) is 5.77. The highest BCUT2D eigenvalue weighted by atomic mass is 127. The van der Waals surface area contributed by atoms with Gasteiger partial charge in [0, 0.05) is 24.7 Å². The number of likely N-dealkylation sites (tertiary alicyclic amines) is 1. The zero-order chi connectivity index (χ0) is 17.4. The molecule has 0 amide bonds. The molecule has 1 aliphatic heterocycles. The number of hydrogen-bond donors (Lipinski definition) is 1. The predicted molar refractivity (Wildman–Crippen MR) is 113 cm³/mol. The van der Waals surface area contributed by atoms with Gasteiger partial charge >= 0.3 is 5.97 Å². The number of piperidine rings is 1. The van der Waals surface area contributed by atoms with Crippen molar-refractivity contribution in [3.8, 4) is 0 Å². The van der Waals surface area contributed by atoms with Crippen LogP contribution in [-0.4, -0.2) is 43.1 Å². The summed E-state index contributed by atoms with van der Waals surface area (Å²) < 4.78 is 5.13. The molecule has 1 aromatic carbocycles. The third kappa shape index (κ3) is 6.66. The van der Waals surface area contributed by atoms with Crippen LogP contribution < -0.4 is 5.32 Å². The van der Waals surface area contributed by atoms with E-state index in [0.717, 1.165) is 49.0 Å². The lowest BCUT2D eigenvalue weighted by Crippen LogP contribution is -2.46. The summed E-state index contributed by atoms with van der Waals surface area (Å²) in [5.41, 5.74) is 1.01. The first-order valence-corrected chi connectivity index (χ1v) is 8.96. The molecule has 0 radical (unpaired) electrons. The number of guanidine groups is 1. The smallest absolute Gasteiger partial charge is 0.309 e. The highest BCUT2D eigenvalue weighted by Gasteiger charge is 2.27. The molecular formula is C18H27ClIN3O2. The summed E-state index contributed by atoms with van der Waals surface area (Å²) in [5, 5.41) is 4.06. The maximum Gasteiger partial charge on any atom is 0.309 e. The van der Waals surface area contributed by atoms with E-state index in [0.29, 0.717) is 13.2 Å². The molecule has 0 aromatic heterocycles. The number of aliphatic imine (C=N–C) groups is 1. The van der Waals surface area contributed by atoms with Gasteiger partial charge in [0.1, 0.15) is 0 Å². The lowest BCUT2D eigenvalue weighted by molar-refractivity contribution is -0.149. The first-order valence-electron chi connectivity index (χ1n) is 8.59. The summed E-state index contributed by atoms with van der Waals surface area (Å²) in [6.07, 6.45) is 1.60. The van der Waals surface area contributed by atoms with Crippen LogP contribution in [0.25, 0.3) is 0 Å². The van der Waals surface area contributed by atoms with Crippen LogP contribution in [0.5, 0.6) is 0 Å². The Bertz CT molecular complexity index is 575. The van der Waals surface area contributed by atoms with Gasteiger partial charge in [-0.05, 0) is 38.3 Å². The maximum absolute atomic E-state index is 11.8. The number of hydrogen-bond acceptors (Lipinski definition) is 3. The van der Waals surface area contributed by atoms with Crippen molar-refractivity contribution in [3.05, 3.63) is 34.9 Å². The molecule has 0 atom stereocenters. The lowest BCUT2D eigenvalue weighted by atomic mass is 9.97. The van der Waals surface area contributed by atoms with Gasteiger partial charge in [0.05, 0.1) is 19.1 Å². The maximum atomic E-state index is 11.8. The van der Waals surface area contributed by atoms with E-state index in [2.05, 4.69) is 17.1 Å². The van der Waals surface area contributed by atoms with E-state index in [-0.39, 0.29) is 35.9 Å². The number of ether oxygens (including phenoxy) is 1. The molecule has 1 aromatic rings. The van der Waals surface area contributed by atoms with Gasteiger partial charge in [-0.2, -0.15) is 0 Å². The number of nitrogens with one attached hydrogen (secondary N) is 1. The lowest BCUT2D eigenvalue weighted by Gasteiger charge is -2.33. The minimum atomic E-state index is -0.0739. The first kappa shape index (κ1) is 22.0. The molecule has 1 N–H and O–H groups in total. The quantitative estimate of drug-likeness (QED) is 0.303. The molecule has 5 nitrogen and oxygen atoms in total. The summed E-state index contributed by atoms with van der Waals surface area (Å²) in [5.74, 6) is 0.808. The average molecular weight is 480 g/mol. The van der Waals surface area contributed by atoms with Crippen LogP contribution in [-0.2, 0) is 16.1 Å². The van der Waals surface area contributed by atoms with Crippen LogP contribution in [0.4, 0.5) is 0 Å². The minimum Gasteiger partial charge on any atom is -0.466 e. The molecule has 1 aliphatic rings. The van der Waals surface area contributed by atoms with Gasteiger partial charge < -0.3 is 15.0 Å². The summed E-state index contributed by atoms with van der Waals surface area (Å²) in [6, 6.07) is 7.75. The second kappa shape index (κ2) is 11.6. The van der Waals surface area contributed by atoms with Crippen molar-refractivity contribution in [2.45, 2.75) is 33.2 Å². The molecule has 1 heterocycles. The Hall–Kier alpha value is -1.02. The van der Waals surface area contributed by atoms with E-state index in [4.69, 9.17) is 21.3 Å². The largest absolute Gasteiger partial charge is 0.466 e. The van der Waals surface area contributed by atoms with Gasteiger partial charge in [0.15, 0.2) is 5.96 Å². The molecule has 0 unspecified atom stereocenters. The van der Waals surface area contributed by atoms with Crippen molar-refractivity contribution < 1.29 is 9.53 Å². The molecule has 1 saturated heterocycles. The van der Waals surface area contributed by atoms with E-state index in [9.17, 15) is 4.79 Å². The molecule has 0 bridgehead atoms. The molecule has 1 fully saturated rings. The van der Waals surface area contributed by atoms with Crippen LogP contribution in [0.15, 0.2) is 29.3 Å². The molecule has 0 aliphatic carbocycles. The summed E-state index contributed by atoms with van der Waals surface area (Å²) >= 11 is 6.20. The molecule has 7 heteroatoms. The number of nitrogens with zero attached hydrogens (tertiary/aromatic N) is 2. The number of rotatable bonds is 5. The van der Waals surface area contributed by atoms with E-state index in [1.54, 1.807) is 0 Å². The highest BCUT2D eigenvalue weighted by molar-refractivity contribution is 14.0. The van der Waals surface area contributed by atoms with Crippen LogP contribution in [0.3, 0.4) is 0 Å². The van der Waals surface area contributed by atoms with Gasteiger partial charge in [-0.25, -0.2) is 4.99 Å². The second-order valence-corrected chi connectivity index (χ2v) is 6.18. The zero-order valence-electron chi connectivity index (χ0n) is 14.8. The van der Waals surface area contributed by atoms with Crippen LogP contribution in [0.2, 0.25) is 5.02 Å². The third-order valence-electron chi connectivity index (χ3n) is 4.11. The Labute approximate surface area is 172 Å². The Balaban J connectivity index is 0.00000312. The Kier molecular flexibility index (Phi) is 10.2. The number of benzene rings is 1. The van der Waals surface area contributed by atoms with Gasteiger partial charge in [-0.15, -0.1) is 24.0 Å². The third-order valence-corrected chi connectivity index (χ3v) is 4.48. The van der Waals surface area contributed by atoms with Gasteiger partial charge in [0.25, 0.3) is 0 Å². The first-order chi connectivity index (χ1) is 11.7. The molecule has 0 spiro atoms. The Morgan fingerprint density at radius 1 is 1.32 bits per heavy atom. The fraction of sp³-hybridized carbons (Fsp3) is 0.556. The van der Waals surface area contributed by atoms with E-state index < -0.39 is 0 Å². The van der Waals surface area contributed by atoms with Crippen LogP contribution in [0.1, 0.15) is 32.3 Å². The summed E-state index contributed by atoms with van der Waals surface area (Å²) in [7, 11) is 0. The molecule has 140 valence electrons. The van der Waals surface area contributed by atoms with Gasteiger partial charge in [-0.1, -0.05) is 29.8 Å². The zero-order valence-corrected chi connectivity index (χ0v) is 17.9. The number of carbonyl (C=O) groups excluding carboxylic acids is 1. The van der Waals surface area contributed by atoms with E-state index in [1.165, 1.54) is 0 Å². The standard InChI is InChI=1S/C18H26ClN3O2.HI/c1-3-20-18(21-13-15-7-5-6-8-16(15)19)22-11-9-14(10-12-22)17(23)24-4-2;/h5-8,14H,3-4,9-13H2,1-2H3,(H,20,21);1H. The fourth-order valence-corrected chi connectivity index (χ4v) is 3.00. The van der Waals surface area contributed by atoms with Crippen molar-refractivity contribution in [2.75, 3.05) is 26.2 Å². The van der Waals surface area contributed by atoms with E-state index >= 15 is 0 Å². The normalized spacial score (nSPS) is 15.5. The van der Waals surface area contributed by atoms with Crippen molar-refractivity contribution in [1.29, 1.82) is 0 Å². The predicted octanol–water partition coefficient (Wildman–Crippen LogP) is 3.70. The Morgan fingerprint density at radius 3 is 2.60 bits per heavy atom. The number of carbonyl (C=O) groups is 1. The minimum absolute atomic E-state index is 0. The van der Waals surface area contributed by atoms with Crippen LogP contribution in [0, 0.1) is 5.92 Å². The molecule has 25 heavy (non-hydrogen) atoms. The topological polar surface area (TPSA) is 53.9 Å². The average Bonchev–Trinajstić information content (AvgIpc) is 2.60. The number of esters is 1. The number of halogens is 2. The van der Waals surface area contributed by atoms with Crippen LogP contribution >= 0.6 is 35.6 Å². The summed E-state index contributed by atoms with van der Waals surface area (Å²) in [6.45, 7) is 7.30. The fourth-order valence-electron chi connectivity index (χ4n) is 2.80. The molecule has 0 saturated carbocycles. The van der Waals surface area contributed by atoms with Gasteiger partial charge in [0.2, 0.25) is 0 Å². The Morgan fingerprint density at radius 2 is 2.00 bits per heavy atom. The highest BCUT2D eigenvalue weighted by Crippen LogP contribution is 2.20. The molecular weight excluding hydrogens is 453 g/mol. The van der Waals surface area contributed by atoms with Crippen molar-refractivity contribution in [1.82, 2.24) is 10.2 Å². The van der Waals surface area contributed by atoms with Crippen molar-refractivity contribution in [2.24, 2.45) is 10.9 Å². The van der Waals surface area contributed by atoms with Gasteiger partial charge in [-0.3, -0.25) is 4.79 Å². The summed E-state index contributed by atoms with van der Waals surface area (Å²) in [4.78, 5) is 18.8. The SMILES string of the molecule is CCNC(=NCc1ccccc1Cl)N1CCC(C(=O)OCC)CC1.I. The monoisotopic (exact) mass is 479 g/mol. The van der Waals surface area contributed by atoms with Crippen molar-refractivity contribution in [3.63, 3.8) is 0 Å².